The number of hydrogen-bond acceptors (Lipinski definition) is 3. The summed E-state index contributed by atoms with van der Waals surface area (Å²) in [4.78, 5) is 26.7. The number of rotatable bonds is 4. The summed E-state index contributed by atoms with van der Waals surface area (Å²) in [6.07, 6.45) is -2.90. The lowest BCUT2D eigenvalue weighted by atomic mass is 10.1. The number of likely N-dealkylation sites (tertiary alicyclic amines) is 1. The number of nitrogens with one attached hydrogen (secondary N) is 1. The average molecular weight is 373 g/mol. The molecular formula is C17H19F4N3O2. The number of carbonyl (C=O) groups excluding carboxylic acids is 2. The highest BCUT2D eigenvalue weighted by molar-refractivity contribution is 5.99. The Morgan fingerprint density at radius 3 is 2.58 bits per heavy atom. The van der Waals surface area contributed by atoms with Crippen LogP contribution in [-0.2, 0) is 9.59 Å². The van der Waals surface area contributed by atoms with Crippen molar-refractivity contribution in [1.29, 1.82) is 0 Å². The van der Waals surface area contributed by atoms with Crippen LogP contribution in [0.25, 0.3) is 0 Å². The summed E-state index contributed by atoms with van der Waals surface area (Å²) in [6.45, 7) is -0.215. The van der Waals surface area contributed by atoms with Gasteiger partial charge in [0.1, 0.15) is 18.0 Å². The van der Waals surface area contributed by atoms with E-state index in [0.29, 0.717) is 10.6 Å². The number of nitrogens with zero attached hydrogens (tertiary/aromatic N) is 2. The molecule has 3 rings (SSSR count). The summed E-state index contributed by atoms with van der Waals surface area (Å²) in [5.74, 6) is -2.92. The van der Waals surface area contributed by atoms with Crippen LogP contribution in [-0.4, -0.2) is 49.1 Å². The van der Waals surface area contributed by atoms with Gasteiger partial charge in [0, 0.05) is 26.1 Å². The van der Waals surface area contributed by atoms with Crippen LogP contribution < -0.4 is 10.2 Å². The number of halogens is 4. The monoisotopic (exact) mass is 373 g/mol. The van der Waals surface area contributed by atoms with E-state index in [1.54, 1.807) is 12.1 Å². The maximum absolute atomic E-state index is 14.3. The highest BCUT2D eigenvalue weighted by Gasteiger charge is 2.40. The van der Waals surface area contributed by atoms with E-state index in [0.717, 1.165) is 25.9 Å². The Labute approximate surface area is 147 Å². The second kappa shape index (κ2) is 7.13. The quantitative estimate of drug-likeness (QED) is 0.826. The number of carbonyl (C=O) groups is 2. The smallest absolute Gasteiger partial charge is 0.370 e. The number of anilines is 2. The first-order valence-electron chi connectivity index (χ1n) is 8.43. The minimum absolute atomic E-state index is 0.0149. The Balaban J connectivity index is 1.72. The Kier molecular flexibility index (Phi) is 5.06. The molecule has 2 aliphatic heterocycles. The van der Waals surface area contributed by atoms with Gasteiger partial charge in [-0.25, -0.2) is 4.39 Å². The van der Waals surface area contributed by atoms with Gasteiger partial charge in [-0.3, -0.25) is 9.59 Å². The molecule has 1 aromatic carbocycles. The number of hydrogen-bond donors (Lipinski definition) is 1. The van der Waals surface area contributed by atoms with E-state index in [9.17, 15) is 27.2 Å². The molecule has 1 atom stereocenters. The summed E-state index contributed by atoms with van der Waals surface area (Å²) in [7, 11) is 0. The summed E-state index contributed by atoms with van der Waals surface area (Å²) >= 11 is 0. The molecule has 1 aromatic rings. The van der Waals surface area contributed by atoms with Crippen molar-refractivity contribution in [3.8, 4) is 0 Å². The molecule has 1 unspecified atom stereocenters. The van der Waals surface area contributed by atoms with Crippen molar-refractivity contribution in [3.05, 3.63) is 24.0 Å². The van der Waals surface area contributed by atoms with Crippen molar-refractivity contribution in [3.63, 3.8) is 0 Å². The number of alkyl halides is 3. The van der Waals surface area contributed by atoms with Crippen molar-refractivity contribution in [2.75, 3.05) is 36.4 Å². The highest BCUT2D eigenvalue weighted by atomic mass is 19.4. The fraction of sp³-hybridized carbons (Fsp3) is 0.529. The van der Waals surface area contributed by atoms with E-state index in [1.165, 1.54) is 6.07 Å². The molecule has 1 N–H and O–H groups in total. The zero-order valence-corrected chi connectivity index (χ0v) is 14.0. The van der Waals surface area contributed by atoms with E-state index in [2.05, 4.69) is 5.32 Å². The van der Waals surface area contributed by atoms with Gasteiger partial charge in [0.15, 0.2) is 0 Å². The first-order valence-corrected chi connectivity index (χ1v) is 8.43. The van der Waals surface area contributed by atoms with Crippen LogP contribution in [0.3, 0.4) is 0 Å². The van der Waals surface area contributed by atoms with Gasteiger partial charge in [-0.2, -0.15) is 13.2 Å². The molecule has 142 valence electrons. The third kappa shape index (κ3) is 4.08. The molecule has 26 heavy (non-hydrogen) atoms. The molecule has 0 aromatic heterocycles. The molecule has 9 heteroatoms. The normalized spacial score (nSPS) is 20.8. The van der Waals surface area contributed by atoms with Crippen LogP contribution in [0.5, 0.6) is 0 Å². The summed E-state index contributed by atoms with van der Waals surface area (Å²) in [5, 5.41) is 2.49. The lowest BCUT2D eigenvalue weighted by molar-refractivity contribution is -0.157. The summed E-state index contributed by atoms with van der Waals surface area (Å²) in [5.41, 5.74) is 0.563. The maximum atomic E-state index is 14.3. The van der Waals surface area contributed by atoms with E-state index in [1.807, 2.05) is 4.90 Å². The van der Waals surface area contributed by atoms with Gasteiger partial charge >= 0.3 is 6.18 Å². The number of para-hydroxylation sites is 1. The molecule has 2 aliphatic rings. The van der Waals surface area contributed by atoms with Gasteiger partial charge in [-0.05, 0) is 25.0 Å². The standard InChI is InChI=1S/C17H19F4N3O2/c18-12-4-3-5-13(23-6-1-2-7-23)15(12)22-16(26)11-8-14(25)24(9-11)10-17(19,20)21/h3-5,11H,1-2,6-10H2,(H,22,26). The number of amides is 2. The van der Waals surface area contributed by atoms with Crippen LogP contribution in [0, 0.1) is 11.7 Å². The van der Waals surface area contributed by atoms with E-state index < -0.39 is 36.3 Å². The topological polar surface area (TPSA) is 52.7 Å². The SMILES string of the molecule is O=C(Nc1c(F)cccc1N1CCCC1)C1CC(=O)N(CC(F)(F)F)C1. The average Bonchev–Trinajstić information content (AvgIpc) is 3.18. The highest BCUT2D eigenvalue weighted by Crippen LogP contribution is 2.32. The van der Waals surface area contributed by atoms with Gasteiger partial charge in [-0.15, -0.1) is 0 Å². The second-order valence-electron chi connectivity index (χ2n) is 6.61. The van der Waals surface area contributed by atoms with Crippen LogP contribution in [0.4, 0.5) is 28.9 Å². The van der Waals surface area contributed by atoms with Crippen molar-refractivity contribution in [2.24, 2.45) is 5.92 Å². The fourth-order valence-electron chi connectivity index (χ4n) is 3.40. The Hall–Kier alpha value is -2.32. The second-order valence-corrected chi connectivity index (χ2v) is 6.61. The third-order valence-electron chi connectivity index (χ3n) is 4.64. The summed E-state index contributed by atoms with van der Waals surface area (Å²) in [6, 6.07) is 4.45. The molecular weight excluding hydrogens is 354 g/mol. The van der Waals surface area contributed by atoms with Crippen molar-refractivity contribution >= 4 is 23.2 Å². The predicted molar refractivity (Wildman–Crippen MR) is 87.2 cm³/mol. The number of benzene rings is 1. The van der Waals surface area contributed by atoms with Crippen LogP contribution in [0.1, 0.15) is 19.3 Å². The molecule has 0 spiro atoms. The lowest BCUT2D eigenvalue weighted by Gasteiger charge is -2.23. The Morgan fingerprint density at radius 2 is 1.92 bits per heavy atom. The van der Waals surface area contributed by atoms with Gasteiger partial charge in [0.25, 0.3) is 0 Å². The maximum Gasteiger partial charge on any atom is 0.406 e. The van der Waals surface area contributed by atoms with Crippen LogP contribution in [0.2, 0.25) is 0 Å². The molecule has 2 fully saturated rings. The van der Waals surface area contributed by atoms with Crippen LogP contribution >= 0.6 is 0 Å². The minimum atomic E-state index is -4.52. The molecule has 0 radical (unpaired) electrons. The van der Waals surface area contributed by atoms with Gasteiger partial charge in [0.2, 0.25) is 11.8 Å². The first kappa shape index (κ1) is 18.5. The summed E-state index contributed by atoms with van der Waals surface area (Å²) < 4.78 is 51.7. The lowest BCUT2D eigenvalue weighted by Crippen LogP contribution is -2.36. The molecule has 2 saturated heterocycles. The fourth-order valence-corrected chi connectivity index (χ4v) is 3.40. The Bertz CT molecular complexity index is 702. The van der Waals surface area contributed by atoms with E-state index in [4.69, 9.17) is 0 Å². The molecule has 0 bridgehead atoms. The Morgan fingerprint density at radius 1 is 1.23 bits per heavy atom. The van der Waals surface area contributed by atoms with Gasteiger partial charge in [0.05, 0.1) is 11.6 Å². The predicted octanol–water partition coefficient (Wildman–Crippen LogP) is 2.78. The molecule has 0 saturated carbocycles. The van der Waals surface area contributed by atoms with Gasteiger partial charge < -0.3 is 15.1 Å². The van der Waals surface area contributed by atoms with E-state index in [-0.39, 0.29) is 18.7 Å². The minimum Gasteiger partial charge on any atom is -0.370 e. The van der Waals surface area contributed by atoms with Crippen LogP contribution in [0.15, 0.2) is 18.2 Å². The van der Waals surface area contributed by atoms with Crippen molar-refractivity contribution in [2.45, 2.75) is 25.4 Å². The van der Waals surface area contributed by atoms with Crippen molar-refractivity contribution in [1.82, 2.24) is 4.90 Å². The van der Waals surface area contributed by atoms with Crippen molar-refractivity contribution < 1.29 is 27.2 Å². The molecule has 2 amide bonds. The largest absolute Gasteiger partial charge is 0.406 e. The molecule has 5 nitrogen and oxygen atoms in total. The first-order chi connectivity index (χ1) is 12.2. The molecule has 0 aliphatic carbocycles. The van der Waals surface area contributed by atoms with E-state index >= 15 is 0 Å². The third-order valence-corrected chi connectivity index (χ3v) is 4.64. The van der Waals surface area contributed by atoms with Gasteiger partial charge in [-0.1, -0.05) is 6.07 Å². The zero-order chi connectivity index (χ0) is 18.9. The molecule has 2 heterocycles. The zero-order valence-electron chi connectivity index (χ0n) is 14.0.